The van der Waals surface area contributed by atoms with Crippen LogP contribution in [-0.2, 0) is 14.3 Å². The Balaban J connectivity index is 1.77. The summed E-state index contributed by atoms with van der Waals surface area (Å²) in [6.07, 6.45) is 3.52. The summed E-state index contributed by atoms with van der Waals surface area (Å²) in [5, 5.41) is 0.594. The van der Waals surface area contributed by atoms with Crippen LogP contribution >= 0.6 is 11.6 Å². The van der Waals surface area contributed by atoms with E-state index in [-0.39, 0.29) is 12.5 Å². The summed E-state index contributed by atoms with van der Waals surface area (Å²) in [5.41, 5.74) is 0. The zero-order valence-electron chi connectivity index (χ0n) is 13.3. The van der Waals surface area contributed by atoms with Crippen LogP contribution in [0.5, 0.6) is 5.75 Å². The summed E-state index contributed by atoms with van der Waals surface area (Å²) < 4.78 is 10.5. The average Bonchev–Trinajstić information content (AvgIpc) is 2.82. The zero-order chi connectivity index (χ0) is 16.7. The lowest BCUT2D eigenvalue weighted by Gasteiger charge is -2.24. The van der Waals surface area contributed by atoms with E-state index in [2.05, 4.69) is 0 Å². The van der Waals surface area contributed by atoms with Crippen molar-refractivity contribution in [3.8, 4) is 5.75 Å². The first-order valence-corrected chi connectivity index (χ1v) is 8.30. The number of esters is 1. The standard InChI is InChI=1S/C17H22ClNO4/c1-13(17(21)19-10-4-2-3-5-11-19)23-16(20)12-22-15-8-6-14(18)7-9-15/h6-9,13H,2-5,10-12H2,1H3. The molecule has 1 amide bonds. The highest BCUT2D eigenvalue weighted by Crippen LogP contribution is 2.16. The van der Waals surface area contributed by atoms with Gasteiger partial charge in [0.1, 0.15) is 5.75 Å². The Morgan fingerprint density at radius 2 is 1.74 bits per heavy atom. The number of likely N-dealkylation sites (tertiary alicyclic amines) is 1. The Morgan fingerprint density at radius 1 is 1.13 bits per heavy atom. The van der Waals surface area contributed by atoms with Gasteiger partial charge in [0.15, 0.2) is 12.7 Å². The number of nitrogens with zero attached hydrogens (tertiary/aromatic N) is 1. The summed E-state index contributed by atoms with van der Waals surface area (Å²) in [6.45, 7) is 2.84. The minimum absolute atomic E-state index is 0.133. The van der Waals surface area contributed by atoms with Gasteiger partial charge in [-0.15, -0.1) is 0 Å². The molecule has 0 aliphatic carbocycles. The highest BCUT2D eigenvalue weighted by atomic mass is 35.5. The second-order valence-corrected chi connectivity index (χ2v) is 6.05. The number of hydrogen-bond acceptors (Lipinski definition) is 4. The number of amides is 1. The Hall–Kier alpha value is -1.75. The van der Waals surface area contributed by atoms with Gasteiger partial charge in [-0.05, 0) is 44.0 Å². The molecule has 0 aromatic heterocycles. The fourth-order valence-electron chi connectivity index (χ4n) is 2.50. The predicted molar refractivity (Wildman–Crippen MR) is 87.5 cm³/mol. The van der Waals surface area contributed by atoms with Crippen LogP contribution in [0.2, 0.25) is 5.02 Å². The maximum absolute atomic E-state index is 12.3. The molecule has 1 unspecified atom stereocenters. The van der Waals surface area contributed by atoms with E-state index >= 15 is 0 Å². The highest BCUT2D eigenvalue weighted by molar-refractivity contribution is 6.30. The van der Waals surface area contributed by atoms with E-state index in [0.717, 1.165) is 38.8 Å². The zero-order valence-corrected chi connectivity index (χ0v) is 14.1. The lowest BCUT2D eigenvalue weighted by molar-refractivity contribution is -0.160. The molecule has 5 nitrogen and oxygen atoms in total. The fraction of sp³-hybridized carbons (Fsp3) is 0.529. The second kappa shape index (κ2) is 8.77. The third-order valence-corrected chi connectivity index (χ3v) is 4.00. The third kappa shape index (κ3) is 5.75. The first kappa shape index (κ1) is 17.6. The molecule has 1 aliphatic rings. The van der Waals surface area contributed by atoms with Crippen LogP contribution in [0, 0.1) is 0 Å². The largest absolute Gasteiger partial charge is 0.482 e. The SMILES string of the molecule is CC(OC(=O)COc1ccc(Cl)cc1)C(=O)N1CCCCCC1. The van der Waals surface area contributed by atoms with Crippen molar-refractivity contribution in [3.63, 3.8) is 0 Å². The van der Waals surface area contributed by atoms with Gasteiger partial charge >= 0.3 is 5.97 Å². The summed E-state index contributed by atoms with van der Waals surface area (Å²) >= 11 is 5.77. The molecule has 1 aromatic carbocycles. The number of carbonyl (C=O) groups is 2. The molecular weight excluding hydrogens is 318 g/mol. The number of halogens is 1. The highest BCUT2D eigenvalue weighted by Gasteiger charge is 2.24. The molecule has 1 aromatic rings. The second-order valence-electron chi connectivity index (χ2n) is 5.61. The van der Waals surface area contributed by atoms with Crippen molar-refractivity contribution in [1.82, 2.24) is 4.90 Å². The van der Waals surface area contributed by atoms with Gasteiger partial charge in [-0.25, -0.2) is 4.79 Å². The molecule has 1 fully saturated rings. The monoisotopic (exact) mass is 339 g/mol. The topological polar surface area (TPSA) is 55.8 Å². The van der Waals surface area contributed by atoms with Crippen molar-refractivity contribution in [1.29, 1.82) is 0 Å². The van der Waals surface area contributed by atoms with Crippen LogP contribution < -0.4 is 4.74 Å². The van der Waals surface area contributed by atoms with Gasteiger partial charge in [-0.2, -0.15) is 0 Å². The molecule has 0 N–H and O–H groups in total. The molecule has 126 valence electrons. The van der Waals surface area contributed by atoms with Gasteiger partial charge in [0, 0.05) is 18.1 Å². The number of benzene rings is 1. The molecule has 0 bridgehead atoms. The van der Waals surface area contributed by atoms with E-state index in [1.807, 2.05) is 0 Å². The maximum Gasteiger partial charge on any atom is 0.344 e. The summed E-state index contributed by atoms with van der Waals surface area (Å²) in [6, 6.07) is 6.68. The minimum atomic E-state index is -0.783. The normalized spacial score (nSPS) is 16.3. The molecule has 23 heavy (non-hydrogen) atoms. The number of carbonyl (C=O) groups excluding carboxylic acids is 2. The van der Waals surface area contributed by atoms with Gasteiger partial charge in [0.2, 0.25) is 0 Å². The van der Waals surface area contributed by atoms with Gasteiger partial charge in [-0.1, -0.05) is 24.4 Å². The third-order valence-electron chi connectivity index (χ3n) is 3.74. The quantitative estimate of drug-likeness (QED) is 0.774. The average molecular weight is 340 g/mol. The van der Waals surface area contributed by atoms with Gasteiger partial charge in [0.25, 0.3) is 5.91 Å². The molecule has 1 aliphatic heterocycles. The molecular formula is C17H22ClNO4. The number of hydrogen-bond donors (Lipinski definition) is 0. The van der Waals surface area contributed by atoms with Crippen LogP contribution in [0.3, 0.4) is 0 Å². The molecule has 0 radical (unpaired) electrons. The molecule has 0 saturated carbocycles. The molecule has 1 saturated heterocycles. The Kier molecular flexibility index (Phi) is 6.71. The smallest absolute Gasteiger partial charge is 0.344 e. The summed E-state index contributed by atoms with van der Waals surface area (Å²) in [4.78, 5) is 25.9. The van der Waals surface area contributed by atoms with Gasteiger partial charge in [-0.3, -0.25) is 4.79 Å². The summed E-state index contributed by atoms with van der Waals surface area (Å²) in [5.74, 6) is -0.166. The molecule has 0 spiro atoms. The van der Waals surface area contributed by atoms with Crippen molar-refractivity contribution >= 4 is 23.5 Å². The molecule has 1 atom stereocenters. The predicted octanol–water partition coefficient (Wildman–Crippen LogP) is 3.05. The van der Waals surface area contributed by atoms with Crippen LogP contribution in [-0.4, -0.2) is 42.6 Å². The van der Waals surface area contributed by atoms with Crippen LogP contribution in [0.25, 0.3) is 0 Å². The molecule has 6 heteroatoms. The Labute approximate surface area is 141 Å². The van der Waals surface area contributed by atoms with Crippen molar-refractivity contribution in [3.05, 3.63) is 29.3 Å². The Bertz CT molecular complexity index is 524. The van der Waals surface area contributed by atoms with Crippen molar-refractivity contribution < 1.29 is 19.1 Å². The Morgan fingerprint density at radius 3 is 2.35 bits per heavy atom. The van der Waals surface area contributed by atoms with E-state index in [1.165, 1.54) is 0 Å². The minimum Gasteiger partial charge on any atom is -0.482 e. The van der Waals surface area contributed by atoms with E-state index < -0.39 is 12.1 Å². The van der Waals surface area contributed by atoms with E-state index in [0.29, 0.717) is 10.8 Å². The first-order chi connectivity index (χ1) is 11.1. The van der Waals surface area contributed by atoms with Crippen molar-refractivity contribution in [2.75, 3.05) is 19.7 Å². The van der Waals surface area contributed by atoms with E-state index in [9.17, 15) is 9.59 Å². The first-order valence-electron chi connectivity index (χ1n) is 7.93. The maximum atomic E-state index is 12.3. The van der Waals surface area contributed by atoms with Crippen molar-refractivity contribution in [2.24, 2.45) is 0 Å². The fourth-order valence-corrected chi connectivity index (χ4v) is 2.63. The van der Waals surface area contributed by atoms with Gasteiger partial charge < -0.3 is 14.4 Å². The van der Waals surface area contributed by atoms with E-state index in [1.54, 1.807) is 36.1 Å². The van der Waals surface area contributed by atoms with E-state index in [4.69, 9.17) is 21.1 Å². The van der Waals surface area contributed by atoms with Crippen molar-refractivity contribution in [2.45, 2.75) is 38.7 Å². The van der Waals surface area contributed by atoms with Crippen LogP contribution in [0.15, 0.2) is 24.3 Å². The molecule has 2 rings (SSSR count). The number of ether oxygens (including phenoxy) is 2. The number of rotatable bonds is 5. The summed E-state index contributed by atoms with van der Waals surface area (Å²) in [7, 11) is 0. The lowest BCUT2D eigenvalue weighted by Crippen LogP contribution is -2.41. The lowest BCUT2D eigenvalue weighted by atomic mass is 10.2. The molecule has 1 heterocycles. The van der Waals surface area contributed by atoms with Crippen LogP contribution in [0.4, 0.5) is 0 Å². The van der Waals surface area contributed by atoms with Gasteiger partial charge in [0.05, 0.1) is 0 Å². The van der Waals surface area contributed by atoms with Crippen LogP contribution in [0.1, 0.15) is 32.6 Å².